The van der Waals surface area contributed by atoms with Gasteiger partial charge in [0.15, 0.2) is 11.6 Å². The molecule has 0 saturated carbocycles. The van der Waals surface area contributed by atoms with Gasteiger partial charge in [-0.25, -0.2) is 18.0 Å². The van der Waals surface area contributed by atoms with Gasteiger partial charge in [-0.15, -0.1) is 0 Å². The van der Waals surface area contributed by atoms with Crippen molar-refractivity contribution in [2.45, 2.75) is 32.0 Å². The van der Waals surface area contributed by atoms with E-state index in [4.69, 9.17) is 0 Å². The number of fused-ring (bicyclic) bond motifs is 3. The summed E-state index contributed by atoms with van der Waals surface area (Å²) in [5.41, 5.74) is -0.398. The number of nitrogens with one attached hydrogen (secondary N) is 1. The van der Waals surface area contributed by atoms with Crippen molar-refractivity contribution in [2.75, 3.05) is 16.8 Å². The zero-order valence-electron chi connectivity index (χ0n) is 12.7. The van der Waals surface area contributed by atoms with Gasteiger partial charge in [-0.05, 0) is 18.9 Å². The van der Waals surface area contributed by atoms with E-state index in [1.165, 1.54) is 0 Å². The van der Waals surface area contributed by atoms with Crippen LogP contribution >= 0.6 is 0 Å². The van der Waals surface area contributed by atoms with Gasteiger partial charge in [0.1, 0.15) is 17.5 Å². The molecule has 1 atom stereocenters. The highest BCUT2D eigenvalue weighted by Gasteiger charge is 2.34. The Morgan fingerprint density at radius 1 is 1.17 bits per heavy atom. The molecule has 1 aromatic heterocycles. The van der Waals surface area contributed by atoms with Crippen LogP contribution in [0.1, 0.15) is 18.4 Å². The monoisotopic (exact) mass is 336 g/mol. The molecule has 0 spiro atoms. The fraction of sp³-hybridized carbons (Fsp3) is 0.375. The van der Waals surface area contributed by atoms with E-state index >= 15 is 0 Å². The number of hydrogen-bond acceptors (Lipinski definition) is 4. The predicted molar refractivity (Wildman–Crippen MR) is 82.5 cm³/mol. The Kier molecular flexibility index (Phi) is 3.47. The second kappa shape index (κ2) is 5.54. The van der Waals surface area contributed by atoms with E-state index in [9.17, 15) is 18.0 Å². The van der Waals surface area contributed by atoms with E-state index < -0.39 is 17.5 Å². The van der Waals surface area contributed by atoms with Crippen molar-refractivity contribution in [3.63, 3.8) is 0 Å². The SMILES string of the molecule is O=c1nc(NCc2cc(F)c(F)cc2F)cc2n1CC1CCCN21. The number of hydrogen-bond donors (Lipinski definition) is 1. The maximum absolute atomic E-state index is 13.7. The van der Waals surface area contributed by atoms with Crippen LogP contribution in [0.3, 0.4) is 0 Å². The van der Waals surface area contributed by atoms with Crippen molar-refractivity contribution in [3.8, 4) is 0 Å². The first kappa shape index (κ1) is 15.0. The van der Waals surface area contributed by atoms with Gasteiger partial charge in [-0.1, -0.05) is 0 Å². The lowest BCUT2D eigenvalue weighted by Gasteiger charge is -2.17. The molecule has 1 N–H and O–H groups in total. The van der Waals surface area contributed by atoms with E-state index in [0.29, 0.717) is 24.5 Å². The highest BCUT2D eigenvalue weighted by atomic mass is 19.2. The molecule has 24 heavy (non-hydrogen) atoms. The third-order valence-electron chi connectivity index (χ3n) is 4.60. The van der Waals surface area contributed by atoms with Gasteiger partial charge < -0.3 is 10.2 Å². The largest absolute Gasteiger partial charge is 0.366 e. The number of anilines is 2. The third-order valence-corrected chi connectivity index (χ3v) is 4.60. The molecule has 2 aliphatic heterocycles. The van der Waals surface area contributed by atoms with Crippen molar-refractivity contribution in [1.82, 2.24) is 9.55 Å². The highest BCUT2D eigenvalue weighted by molar-refractivity contribution is 5.53. The van der Waals surface area contributed by atoms with E-state index in [1.54, 1.807) is 10.6 Å². The van der Waals surface area contributed by atoms with Crippen LogP contribution in [0.5, 0.6) is 0 Å². The molecule has 1 unspecified atom stereocenters. The van der Waals surface area contributed by atoms with Crippen molar-refractivity contribution in [2.24, 2.45) is 0 Å². The topological polar surface area (TPSA) is 50.2 Å². The molecule has 0 aliphatic carbocycles. The van der Waals surface area contributed by atoms with Gasteiger partial charge in [-0.2, -0.15) is 4.98 Å². The molecule has 1 fully saturated rings. The molecule has 4 rings (SSSR count). The summed E-state index contributed by atoms with van der Waals surface area (Å²) in [7, 11) is 0. The zero-order chi connectivity index (χ0) is 16.8. The zero-order valence-corrected chi connectivity index (χ0v) is 12.7. The summed E-state index contributed by atoms with van der Waals surface area (Å²) >= 11 is 0. The van der Waals surface area contributed by atoms with Gasteiger partial charge in [0.25, 0.3) is 0 Å². The third kappa shape index (κ3) is 2.42. The van der Waals surface area contributed by atoms with Crippen LogP contribution in [0.4, 0.5) is 24.8 Å². The van der Waals surface area contributed by atoms with Gasteiger partial charge >= 0.3 is 5.69 Å². The number of nitrogens with zero attached hydrogens (tertiary/aromatic N) is 3. The Morgan fingerprint density at radius 3 is 2.79 bits per heavy atom. The van der Waals surface area contributed by atoms with Gasteiger partial charge in [0.05, 0.1) is 0 Å². The molecule has 3 heterocycles. The van der Waals surface area contributed by atoms with Crippen molar-refractivity contribution in [1.29, 1.82) is 0 Å². The first-order valence-electron chi connectivity index (χ1n) is 7.79. The second-order valence-corrected chi connectivity index (χ2v) is 6.09. The molecule has 0 amide bonds. The Morgan fingerprint density at radius 2 is 1.96 bits per heavy atom. The number of benzene rings is 1. The van der Waals surface area contributed by atoms with E-state index in [-0.39, 0.29) is 17.8 Å². The fourth-order valence-corrected chi connectivity index (χ4v) is 3.42. The normalized spacial score (nSPS) is 18.6. The van der Waals surface area contributed by atoms with Crippen LogP contribution in [0.15, 0.2) is 23.0 Å². The molecule has 1 aromatic carbocycles. The summed E-state index contributed by atoms with van der Waals surface area (Å²) in [5.74, 6) is -2.10. The quantitative estimate of drug-likeness (QED) is 0.874. The van der Waals surface area contributed by atoms with Gasteiger partial charge in [0.2, 0.25) is 0 Å². The molecule has 1 saturated heterocycles. The van der Waals surface area contributed by atoms with Crippen LogP contribution in [0, 0.1) is 17.5 Å². The number of halogens is 3. The van der Waals surface area contributed by atoms with E-state index in [0.717, 1.165) is 31.3 Å². The predicted octanol–water partition coefficient (Wildman–Crippen LogP) is 2.26. The molecule has 8 heteroatoms. The molecular formula is C16H15F3N4O. The van der Waals surface area contributed by atoms with Crippen LogP contribution in [0.25, 0.3) is 0 Å². The molecular weight excluding hydrogens is 321 g/mol. The van der Waals surface area contributed by atoms with Crippen LogP contribution in [-0.2, 0) is 13.1 Å². The summed E-state index contributed by atoms with van der Waals surface area (Å²) in [6, 6.07) is 3.38. The lowest BCUT2D eigenvalue weighted by molar-refractivity contribution is 0.490. The first-order valence-corrected chi connectivity index (χ1v) is 7.79. The van der Waals surface area contributed by atoms with Crippen LogP contribution in [-0.4, -0.2) is 22.1 Å². The Bertz CT molecular complexity index is 867. The van der Waals surface area contributed by atoms with Crippen LogP contribution in [0.2, 0.25) is 0 Å². The molecule has 2 aromatic rings. The summed E-state index contributed by atoms with van der Waals surface area (Å²) < 4.78 is 41.5. The molecule has 0 bridgehead atoms. The average Bonchev–Trinajstić information content (AvgIpc) is 3.12. The maximum atomic E-state index is 13.7. The molecule has 126 valence electrons. The summed E-state index contributed by atoms with van der Waals surface area (Å²) in [5, 5.41) is 2.82. The van der Waals surface area contributed by atoms with Crippen molar-refractivity contribution < 1.29 is 13.2 Å². The number of rotatable bonds is 3. The summed E-state index contributed by atoms with van der Waals surface area (Å²) in [6.07, 6.45) is 2.13. The summed E-state index contributed by atoms with van der Waals surface area (Å²) in [4.78, 5) is 18.3. The smallest absolute Gasteiger partial charge is 0.351 e. The first-order chi connectivity index (χ1) is 11.5. The van der Waals surface area contributed by atoms with Crippen molar-refractivity contribution >= 4 is 11.6 Å². The molecule has 5 nitrogen and oxygen atoms in total. The minimum atomic E-state index is -1.23. The Labute approximate surface area is 135 Å². The Hall–Kier alpha value is -2.51. The second-order valence-electron chi connectivity index (χ2n) is 6.09. The maximum Gasteiger partial charge on any atom is 0.351 e. The van der Waals surface area contributed by atoms with Crippen molar-refractivity contribution in [3.05, 3.63) is 51.7 Å². The van der Waals surface area contributed by atoms with Crippen LogP contribution < -0.4 is 15.9 Å². The fourth-order valence-electron chi connectivity index (χ4n) is 3.42. The minimum Gasteiger partial charge on any atom is -0.366 e. The highest BCUT2D eigenvalue weighted by Crippen LogP contribution is 2.32. The molecule has 2 aliphatic rings. The van der Waals surface area contributed by atoms with Gasteiger partial charge in [0, 0.05) is 43.4 Å². The van der Waals surface area contributed by atoms with E-state index in [1.807, 2.05) is 0 Å². The number of aromatic nitrogens is 2. The molecule has 0 radical (unpaired) electrons. The minimum absolute atomic E-state index is 0.0321. The lowest BCUT2D eigenvalue weighted by Crippen LogP contribution is -2.24. The Balaban J connectivity index is 1.58. The van der Waals surface area contributed by atoms with Gasteiger partial charge in [-0.3, -0.25) is 4.57 Å². The summed E-state index contributed by atoms with van der Waals surface area (Å²) in [6.45, 7) is 1.44. The van der Waals surface area contributed by atoms with E-state index in [2.05, 4.69) is 15.2 Å². The standard InChI is InChI=1S/C16H15F3N4O/c17-11-5-13(19)12(18)4-9(11)7-20-14-6-15-22-3-1-2-10(22)8-23(15)16(24)21-14/h4-6,10H,1-3,7-8H2,(H,20,21,24). The average molecular weight is 336 g/mol. The lowest BCUT2D eigenvalue weighted by atomic mass is 10.2.